The van der Waals surface area contributed by atoms with Gasteiger partial charge in [-0.3, -0.25) is 4.79 Å². The highest BCUT2D eigenvalue weighted by Crippen LogP contribution is 2.28. The molecule has 1 aliphatic heterocycles. The van der Waals surface area contributed by atoms with E-state index in [1.54, 1.807) is 0 Å². The zero-order valence-electron chi connectivity index (χ0n) is 17.1. The van der Waals surface area contributed by atoms with E-state index >= 15 is 0 Å². The highest BCUT2D eigenvalue weighted by atomic mass is 32.2. The molecule has 9 heteroatoms. The van der Waals surface area contributed by atoms with E-state index in [0.29, 0.717) is 25.9 Å². The summed E-state index contributed by atoms with van der Waals surface area (Å²) < 4.78 is 31.8. The number of hydrogen-bond donors (Lipinski definition) is 1. The summed E-state index contributed by atoms with van der Waals surface area (Å²) in [4.78, 5) is 25.0. The topological polar surface area (TPSA) is 117 Å². The number of sulfonamides is 1. The van der Waals surface area contributed by atoms with Crippen molar-refractivity contribution in [2.45, 2.75) is 68.4 Å². The van der Waals surface area contributed by atoms with Crippen LogP contribution in [0.5, 0.6) is 0 Å². The molecule has 1 aliphatic carbocycles. The van der Waals surface area contributed by atoms with Crippen LogP contribution in [-0.2, 0) is 19.6 Å². The molecular weight excluding hydrogens is 406 g/mol. The highest BCUT2D eigenvalue weighted by Gasteiger charge is 2.35. The predicted molar refractivity (Wildman–Crippen MR) is 109 cm³/mol. The molecular formula is C21H27N3O5S. The fourth-order valence-electron chi connectivity index (χ4n) is 3.88. The first-order valence-electron chi connectivity index (χ1n) is 10.3. The molecule has 1 amide bonds. The third-order valence-corrected chi connectivity index (χ3v) is 7.64. The molecule has 30 heavy (non-hydrogen) atoms. The van der Waals surface area contributed by atoms with Crippen LogP contribution < -0.4 is 5.32 Å². The normalized spacial score (nSPS) is 20.1. The minimum atomic E-state index is -3.56. The number of carbonyl (C=O) groups is 2. The number of ether oxygens (including phenoxy) is 1. The maximum atomic E-state index is 12.6. The molecule has 2 aliphatic rings. The number of benzene rings is 1. The monoisotopic (exact) mass is 433 g/mol. The van der Waals surface area contributed by atoms with Crippen LogP contribution in [0.4, 0.5) is 0 Å². The van der Waals surface area contributed by atoms with Crippen molar-refractivity contribution < 1.29 is 22.7 Å². The zero-order chi connectivity index (χ0) is 21.8. The van der Waals surface area contributed by atoms with Crippen molar-refractivity contribution in [2.24, 2.45) is 0 Å². The van der Waals surface area contributed by atoms with Gasteiger partial charge >= 0.3 is 5.97 Å². The van der Waals surface area contributed by atoms with Crippen LogP contribution >= 0.6 is 0 Å². The first kappa shape index (κ1) is 22.2. The largest absolute Gasteiger partial charge is 0.449 e. The fourth-order valence-corrected chi connectivity index (χ4v) is 5.40. The van der Waals surface area contributed by atoms with Gasteiger partial charge in [0.2, 0.25) is 10.0 Å². The van der Waals surface area contributed by atoms with Crippen LogP contribution in [0.15, 0.2) is 29.2 Å². The molecule has 1 heterocycles. The minimum Gasteiger partial charge on any atom is -0.449 e. The standard InChI is InChI=1S/C21H27N3O5S/c1-16(19(25)23-21(15-22)11-3-2-4-12-21)29-20(26)17-7-9-18(10-8-17)30(27,28)24-13-5-6-14-24/h7-10,16H,2-6,11-14H2,1H3,(H,23,25). The molecule has 1 N–H and O–H groups in total. The van der Waals surface area contributed by atoms with Gasteiger partial charge in [-0.2, -0.15) is 9.57 Å². The van der Waals surface area contributed by atoms with Gasteiger partial charge in [-0.15, -0.1) is 0 Å². The third kappa shape index (κ3) is 4.82. The maximum Gasteiger partial charge on any atom is 0.338 e. The lowest BCUT2D eigenvalue weighted by Gasteiger charge is -2.32. The van der Waals surface area contributed by atoms with Crippen LogP contribution in [0, 0.1) is 11.3 Å². The van der Waals surface area contributed by atoms with Crippen molar-refractivity contribution in [3.8, 4) is 6.07 Å². The molecule has 2 fully saturated rings. The van der Waals surface area contributed by atoms with Gasteiger partial charge in [-0.25, -0.2) is 13.2 Å². The molecule has 0 radical (unpaired) electrons. The summed E-state index contributed by atoms with van der Waals surface area (Å²) in [5.41, 5.74) is -0.746. The highest BCUT2D eigenvalue weighted by molar-refractivity contribution is 7.89. The van der Waals surface area contributed by atoms with E-state index in [9.17, 15) is 23.3 Å². The second kappa shape index (κ2) is 9.14. The molecule has 1 aromatic rings. The molecule has 0 bridgehead atoms. The van der Waals surface area contributed by atoms with Gasteiger partial charge < -0.3 is 10.1 Å². The Balaban J connectivity index is 1.61. The zero-order valence-corrected chi connectivity index (χ0v) is 17.9. The second-order valence-electron chi connectivity index (χ2n) is 7.93. The quantitative estimate of drug-likeness (QED) is 0.689. The Morgan fingerprint density at radius 3 is 2.27 bits per heavy atom. The van der Waals surface area contributed by atoms with Gasteiger partial charge in [0.25, 0.3) is 5.91 Å². The lowest BCUT2D eigenvalue weighted by Crippen LogP contribution is -2.52. The number of nitriles is 1. The molecule has 3 rings (SSSR count). The fraction of sp³-hybridized carbons (Fsp3) is 0.571. The molecule has 1 saturated carbocycles. The van der Waals surface area contributed by atoms with Gasteiger partial charge in [0.05, 0.1) is 16.5 Å². The summed E-state index contributed by atoms with van der Waals surface area (Å²) in [6.45, 7) is 2.46. The van der Waals surface area contributed by atoms with Crippen LogP contribution in [0.2, 0.25) is 0 Å². The summed E-state index contributed by atoms with van der Waals surface area (Å²) in [6, 6.07) is 7.72. The van der Waals surface area contributed by atoms with Crippen molar-refractivity contribution >= 4 is 21.9 Å². The molecule has 1 atom stereocenters. The lowest BCUT2D eigenvalue weighted by molar-refractivity contribution is -0.130. The lowest BCUT2D eigenvalue weighted by atomic mass is 9.83. The molecule has 0 spiro atoms. The molecule has 1 unspecified atom stereocenters. The Bertz CT molecular complexity index is 924. The van der Waals surface area contributed by atoms with Crippen molar-refractivity contribution in [2.75, 3.05) is 13.1 Å². The number of carbonyl (C=O) groups excluding carboxylic acids is 2. The molecule has 8 nitrogen and oxygen atoms in total. The van der Waals surface area contributed by atoms with Crippen LogP contribution in [0.1, 0.15) is 62.2 Å². The van der Waals surface area contributed by atoms with Gasteiger partial charge in [0.1, 0.15) is 5.54 Å². The summed E-state index contributed by atoms with van der Waals surface area (Å²) in [5.74, 6) is -1.24. The number of rotatable bonds is 6. The first-order chi connectivity index (χ1) is 14.3. The average molecular weight is 434 g/mol. The Hall–Kier alpha value is -2.44. The number of hydrogen-bond acceptors (Lipinski definition) is 6. The van der Waals surface area contributed by atoms with Crippen molar-refractivity contribution in [1.29, 1.82) is 5.26 Å². The summed E-state index contributed by atoms with van der Waals surface area (Å²) >= 11 is 0. The number of nitrogens with zero attached hydrogens (tertiary/aromatic N) is 2. The first-order valence-corrected chi connectivity index (χ1v) is 11.8. The van der Waals surface area contributed by atoms with Crippen LogP contribution in [0.3, 0.4) is 0 Å². The Kier molecular flexibility index (Phi) is 6.78. The van der Waals surface area contributed by atoms with E-state index in [4.69, 9.17) is 4.74 Å². The van der Waals surface area contributed by atoms with E-state index in [-0.39, 0.29) is 10.5 Å². The molecule has 162 valence electrons. The van der Waals surface area contributed by atoms with Crippen molar-refractivity contribution in [3.63, 3.8) is 0 Å². The Morgan fingerprint density at radius 2 is 1.70 bits per heavy atom. The molecule has 1 aromatic carbocycles. The summed E-state index contributed by atoms with van der Waals surface area (Å²) in [7, 11) is -3.56. The van der Waals surface area contributed by atoms with Gasteiger partial charge in [-0.05, 0) is 56.9 Å². The predicted octanol–water partition coefficient (Wildman–Crippen LogP) is 2.36. The van der Waals surface area contributed by atoms with Crippen molar-refractivity contribution in [1.82, 2.24) is 9.62 Å². The van der Waals surface area contributed by atoms with Crippen LogP contribution in [0.25, 0.3) is 0 Å². The van der Waals surface area contributed by atoms with Gasteiger partial charge in [0, 0.05) is 13.1 Å². The van der Waals surface area contributed by atoms with E-state index < -0.39 is 33.5 Å². The van der Waals surface area contributed by atoms with E-state index in [0.717, 1.165) is 32.1 Å². The molecule has 1 saturated heterocycles. The summed E-state index contributed by atoms with van der Waals surface area (Å²) in [5, 5.41) is 12.2. The van der Waals surface area contributed by atoms with E-state index in [2.05, 4.69) is 11.4 Å². The van der Waals surface area contributed by atoms with Gasteiger partial charge in [-0.1, -0.05) is 19.3 Å². The van der Waals surface area contributed by atoms with E-state index in [1.165, 1.54) is 35.5 Å². The third-order valence-electron chi connectivity index (χ3n) is 5.73. The smallest absolute Gasteiger partial charge is 0.338 e. The number of esters is 1. The second-order valence-corrected chi connectivity index (χ2v) is 9.86. The Labute approximate surface area is 177 Å². The van der Waals surface area contributed by atoms with Gasteiger partial charge in [0.15, 0.2) is 6.10 Å². The SMILES string of the molecule is CC(OC(=O)c1ccc(S(=O)(=O)N2CCCC2)cc1)C(=O)NC1(C#N)CCCCC1. The van der Waals surface area contributed by atoms with Crippen molar-refractivity contribution in [3.05, 3.63) is 29.8 Å². The minimum absolute atomic E-state index is 0.125. The van der Waals surface area contributed by atoms with Crippen LogP contribution in [-0.4, -0.2) is 49.3 Å². The average Bonchev–Trinajstić information content (AvgIpc) is 3.30. The number of nitrogens with one attached hydrogen (secondary N) is 1. The summed E-state index contributed by atoms with van der Waals surface area (Å²) in [6.07, 6.45) is 4.56. The maximum absolute atomic E-state index is 12.6. The number of amides is 1. The Morgan fingerprint density at radius 1 is 1.10 bits per heavy atom. The molecule has 0 aromatic heterocycles. The van der Waals surface area contributed by atoms with E-state index in [1.807, 2.05) is 0 Å².